The lowest BCUT2D eigenvalue weighted by Gasteiger charge is -2.19. The monoisotopic (exact) mass is 268 g/mol. The van der Waals surface area contributed by atoms with Crippen LogP contribution in [0.2, 0.25) is 0 Å². The Bertz CT molecular complexity index is 435. The molecule has 0 heterocycles. The molecule has 0 bridgehead atoms. The second-order valence-electron chi connectivity index (χ2n) is 4.39. The third-order valence-corrected chi connectivity index (χ3v) is 2.81. The quantitative estimate of drug-likeness (QED) is 0.582. The van der Waals surface area contributed by atoms with Crippen LogP contribution in [0.3, 0.4) is 0 Å². The molecule has 0 fully saturated rings. The SMILES string of the molecule is CCNCc1cc([N+](=O)[O-])ccc1OC(C)C(C)O. The van der Waals surface area contributed by atoms with E-state index in [4.69, 9.17) is 4.74 Å². The number of aliphatic hydroxyl groups excluding tert-OH is 1. The Morgan fingerprint density at radius 1 is 1.47 bits per heavy atom. The fourth-order valence-corrected chi connectivity index (χ4v) is 1.49. The van der Waals surface area contributed by atoms with Crippen molar-refractivity contribution in [3.8, 4) is 5.75 Å². The van der Waals surface area contributed by atoms with E-state index in [-0.39, 0.29) is 11.8 Å². The smallest absolute Gasteiger partial charge is 0.270 e. The molecule has 0 spiro atoms. The van der Waals surface area contributed by atoms with E-state index in [1.54, 1.807) is 19.9 Å². The molecule has 0 radical (unpaired) electrons. The Balaban J connectivity index is 2.97. The van der Waals surface area contributed by atoms with E-state index in [1.165, 1.54) is 12.1 Å². The summed E-state index contributed by atoms with van der Waals surface area (Å²) in [6.45, 7) is 6.59. The highest BCUT2D eigenvalue weighted by Crippen LogP contribution is 2.25. The number of hydrogen-bond acceptors (Lipinski definition) is 5. The average Bonchev–Trinajstić information content (AvgIpc) is 2.37. The van der Waals surface area contributed by atoms with E-state index in [0.29, 0.717) is 17.9 Å². The molecule has 0 saturated carbocycles. The first kappa shape index (κ1) is 15.4. The normalized spacial score (nSPS) is 13.9. The van der Waals surface area contributed by atoms with Gasteiger partial charge in [-0.15, -0.1) is 0 Å². The first-order valence-corrected chi connectivity index (χ1v) is 6.28. The Morgan fingerprint density at radius 2 is 2.16 bits per heavy atom. The summed E-state index contributed by atoms with van der Waals surface area (Å²) in [4.78, 5) is 10.3. The topological polar surface area (TPSA) is 84.6 Å². The Kier molecular flexibility index (Phi) is 5.72. The molecule has 0 aliphatic heterocycles. The molecule has 2 atom stereocenters. The fraction of sp³-hybridized carbons (Fsp3) is 0.538. The lowest BCUT2D eigenvalue weighted by Crippen LogP contribution is -2.26. The van der Waals surface area contributed by atoms with Crippen LogP contribution in [0.15, 0.2) is 18.2 Å². The predicted octanol–water partition coefficient (Wildman–Crippen LogP) is 1.85. The van der Waals surface area contributed by atoms with E-state index in [1.807, 2.05) is 6.92 Å². The van der Waals surface area contributed by atoms with Crippen LogP contribution in [0.1, 0.15) is 26.3 Å². The highest BCUT2D eigenvalue weighted by atomic mass is 16.6. The number of ether oxygens (including phenoxy) is 1. The van der Waals surface area contributed by atoms with Crippen LogP contribution in [-0.4, -0.2) is 28.8 Å². The van der Waals surface area contributed by atoms with Crippen LogP contribution in [0.25, 0.3) is 0 Å². The van der Waals surface area contributed by atoms with Crippen LogP contribution in [-0.2, 0) is 6.54 Å². The van der Waals surface area contributed by atoms with Crippen molar-refractivity contribution in [3.63, 3.8) is 0 Å². The molecule has 0 aliphatic carbocycles. The first-order valence-electron chi connectivity index (χ1n) is 6.28. The van der Waals surface area contributed by atoms with E-state index in [2.05, 4.69) is 5.32 Å². The van der Waals surface area contributed by atoms with Crippen LogP contribution >= 0.6 is 0 Å². The fourth-order valence-electron chi connectivity index (χ4n) is 1.49. The number of non-ortho nitro benzene ring substituents is 1. The van der Waals surface area contributed by atoms with Gasteiger partial charge in [0.15, 0.2) is 0 Å². The molecule has 0 aliphatic rings. The molecular formula is C13H20N2O4. The maximum atomic E-state index is 10.8. The molecule has 0 amide bonds. The Labute approximate surface area is 112 Å². The number of hydrogen-bond donors (Lipinski definition) is 2. The largest absolute Gasteiger partial charge is 0.488 e. The predicted molar refractivity (Wildman–Crippen MR) is 72.2 cm³/mol. The molecular weight excluding hydrogens is 248 g/mol. The molecule has 0 aromatic heterocycles. The lowest BCUT2D eigenvalue weighted by molar-refractivity contribution is -0.384. The van der Waals surface area contributed by atoms with E-state index >= 15 is 0 Å². The van der Waals surface area contributed by atoms with E-state index in [0.717, 1.165) is 6.54 Å². The van der Waals surface area contributed by atoms with Crippen molar-refractivity contribution in [2.75, 3.05) is 6.54 Å². The summed E-state index contributed by atoms with van der Waals surface area (Å²) in [5.41, 5.74) is 0.744. The molecule has 1 aromatic carbocycles. The van der Waals surface area contributed by atoms with Gasteiger partial charge in [-0.05, 0) is 26.5 Å². The van der Waals surface area contributed by atoms with Crippen molar-refractivity contribution in [1.82, 2.24) is 5.32 Å². The molecule has 2 N–H and O–H groups in total. The standard InChI is InChI=1S/C13H20N2O4/c1-4-14-8-11-7-12(15(17)18)5-6-13(11)19-10(3)9(2)16/h5-7,9-10,14,16H,4,8H2,1-3H3. The Hall–Kier alpha value is -1.66. The molecule has 19 heavy (non-hydrogen) atoms. The zero-order valence-corrected chi connectivity index (χ0v) is 11.4. The molecule has 1 aromatic rings. The minimum Gasteiger partial charge on any atom is -0.488 e. The van der Waals surface area contributed by atoms with Crippen molar-refractivity contribution in [2.24, 2.45) is 0 Å². The molecule has 106 valence electrons. The summed E-state index contributed by atoms with van der Waals surface area (Å²) in [5, 5.41) is 23.3. The van der Waals surface area contributed by atoms with Crippen molar-refractivity contribution in [2.45, 2.75) is 39.5 Å². The first-order chi connectivity index (χ1) is 8.95. The van der Waals surface area contributed by atoms with Gasteiger partial charge in [-0.1, -0.05) is 6.92 Å². The zero-order valence-electron chi connectivity index (χ0n) is 11.4. The Morgan fingerprint density at radius 3 is 2.68 bits per heavy atom. The lowest BCUT2D eigenvalue weighted by atomic mass is 10.1. The highest BCUT2D eigenvalue weighted by molar-refractivity contribution is 5.44. The van der Waals surface area contributed by atoms with Crippen molar-refractivity contribution in [1.29, 1.82) is 0 Å². The maximum absolute atomic E-state index is 10.8. The highest BCUT2D eigenvalue weighted by Gasteiger charge is 2.16. The van der Waals surface area contributed by atoms with Gasteiger partial charge in [0.05, 0.1) is 11.0 Å². The number of nitrogens with one attached hydrogen (secondary N) is 1. The van der Waals surface area contributed by atoms with Crippen LogP contribution in [0.4, 0.5) is 5.69 Å². The minimum absolute atomic E-state index is 0.0324. The average molecular weight is 268 g/mol. The molecule has 0 saturated heterocycles. The summed E-state index contributed by atoms with van der Waals surface area (Å²) >= 11 is 0. The minimum atomic E-state index is -0.609. The van der Waals surface area contributed by atoms with Gasteiger partial charge < -0.3 is 15.2 Å². The van der Waals surface area contributed by atoms with Gasteiger partial charge in [0.2, 0.25) is 0 Å². The summed E-state index contributed by atoms with van der Waals surface area (Å²) in [6.07, 6.45) is -0.982. The van der Waals surface area contributed by atoms with Gasteiger partial charge in [0, 0.05) is 24.2 Å². The summed E-state index contributed by atoms with van der Waals surface area (Å²) in [7, 11) is 0. The van der Waals surface area contributed by atoms with Crippen LogP contribution < -0.4 is 10.1 Å². The number of rotatable bonds is 7. The molecule has 6 nitrogen and oxygen atoms in total. The summed E-state index contributed by atoms with van der Waals surface area (Å²) < 4.78 is 5.63. The van der Waals surface area contributed by atoms with E-state index < -0.39 is 11.0 Å². The second-order valence-corrected chi connectivity index (χ2v) is 4.39. The van der Waals surface area contributed by atoms with Crippen molar-refractivity contribution in [3.05, 3.63) is 33.9 Å². The number of aliphatic hydroxyl groups is 1. The van der Waals surface area contributed by atoms with Gasteiger partial charge in [0.1, 0.15) is 11.9 Å². The number of nitro benzene ring substituents is 1. The van der Waals surface area contributed by atoms with Gasteiger partial charge in [0.25, 0.3) is 5.69 Å². The number of nitrogens with zero attached hydrogens (tertiary/aromatic N) is 1. The van der Waals surface area contributed by atoms with Crippen molar-refractivity contribution < 1.29 is 14.8 Å². The molecule has 6 heteroatoms. The summed E-state index contributed by atoms with van der Waals surface area (Å²) in [6, 6.07) is 4.47. The van der Waals surface area contributed by atoms with Gasteiger partial charge in [-0.3, -0.25) is 10.1 Å². The second kappa shape index (κ2) is 7.06. The van der Waals surface area contributed by atoms with E-state index in [9.17, 15) is 15.2 Å². The summed E-state index contributed by atoms with van der Waals surface area (Å²) in [5.74, 6) is 0.556. The van der Waals surface area contributed by atoms with Gasteiger partial charge in [-0.2, -0.15) is 0 Å². The molecule has 2 unspecified atom stereocenters. The zero-order chi connectivity index (χ0) is 14.4. The number of benzene rings is 1. The van der Waals surface area contributed by atoms with Crippen molar-refractivity contribution >= 4 is 5.69 Å². The molecule has 1 rings (SSSR count). The van der Waals surface area contributed by atoms with Crippen LogP contribution in [0, 0.1) is 10.1 Å². The van der Waals surface area contributed by atoms with Gasteiger partial charge >= 0.3 is 0 Å². The maximum Gasteiger partial charge on any atom is 0.270 e. The van der Waals surface area contributed by atoms with Gasteiger partial charge in [-0.25, -0.2) is 0 Å². The third-order valence-electron chi connectivity index (χ3n) is 2.81. The van der Waals surface area contributed by atoms with Crippen LogP contribution in [0.5, 0.6) is 5.75 Å². The third kappa shape index (κ3) is 4.50. The number of nitro groups is 1.